The van der Waals surface area contributed by atoms with Crippen LogP contribution in [0.5, 0.6) is 5.75 Å². The van der Waals surface area contributed by atoms with Gasteiger partial charge in [0.25, 0.3) is 0 Å². The maximum Gasteiger partial charge on any atom is 0.249 e. The Morgan fingerprint density at radius 2 is 1.74 bits per heavy atom. The molecule has 1 heterocycles. The van der Waals surface area contributed by atoms with Crippen LogP contribution < -0.4 is 20.3 Å². The van der Waals surface area contributed by atoms with Crippen molar-refractivity contribution in [1.82, 2.24) is 20.3 Å². The van der Waals surface area contributed by atoms with Crippen molar-refractivity contribution in [3.05, 3.63) is 90.6 Å². The van der Waals surface area contributed by atoms with Crippen LogP contribution in [-0.4, -0.2) is 52.9 Å². The molecule has 200 valence electrons. The predicted octanol–water partition coefficient (Wildman–Crippen LogP) is 3.30. The molecule has 10 heteroatoms. The fourth-order valence-electron chi connectivity index (χ4n) is 4.07. The van der Waals surface area contributed by atoms with Gasteiger partial charge in [-0.25, -0.2) is 4.68 Å². The number of carbonyl (C=O) groups excluding carboxylic acids is 3. The van der Waals surface area contributed by atoms with Gasteiger partial charge in [-0.3, -0.25) is 14.4 Å². The van der Waals surface area contributed by atoms with Crippen LogP contribution in [0.15, 0.2) is 85.1 Å². The largest absolute Gasteiger partial charge is 0.497 e. The molecule has 10 nitrogen and oxygen atoms in total. The van der Waals surface area contributed by atoms with Crippen molar-refractivity contribution in [2.24, 2.45) is 0 Å². The van der Waals surface area contributed by atoms with Crippen molar-refractivity contribution in [2.45, 2.75) is 25.9 Å². The lowest BCUT2D eigenvalue weighted by atomic mass is 10.0. The van der Waals surface area contributed by atoms with Crippen LogP contribution in [0.25, 0.3) is 11.3 Å². The lowest BCUT2D eigenvalue weighted by molar-refractivity contribution is -0.127. The minimum absolute atomic E-state index is 0.122. The molecule has 1 unspecified atom stereocenters. The molecule has 0 bridgehead atoms. The maximum atomic E-state index is 13.5. The Morgan fingerprint density at radius 1 is 1.00 bits per heavy atom. The third kappa shape index (κ3) is 7.29. The standard InChI is InChI=1S/C29H30N6O4/c1-20(36)30-23-11-7-10-22(17-23)27-18-35(33-32-27)19-28(37)31-26(16-21-8-5-4-6-9-21)29(38)34(2)24-12-14-25(39-3)15-13-24/h4-15,17-18,26H,16,19H2,1-3H3,(H,30,36)(H,31,37). The number of likely N-dealkylation sites (N-methyl/N-ethyl adjacent to an activating group) is 1. The first-order chi connectivity index (χ1) is 18.8. The predicted molar refractivity (Wildman–Crippen MR) is 148 cm³/mol. The number of benzene rings is 3. The minimum Gasteiger partial charge on any atom is -0.497 e. The average molecular weight is 527 g/mol. The molecule has 1 atom stereocenters. The molecule has 39 heavy (non-hydrogen) atoms. The molecule has 0 saturated carbocycles. The summed E-state index contributed by atoms with van der Waals surface area (Å²) in [6.45, 7) is 1.31. The normalized spacial score (nSPS) is 11.4. The summed E-state index contributed by atoms with van der Waals surface area (Å²) in [4.78, 5) is 39.4. The molecule has 3 aromatic carbocycles. The number of carbonyl (C=O) groups is 3. The summed E-state index contributed by atoms with van der Waals surface area (Å²) >= 11 is 0. The van der Waals surface area contributed by atoms with Gasteiger partial charge in [0, 0.05) is 37.3 Å². The van der Waals surface area contributed by atoms with Crippen molar-refractivity contribution in [1.29, 1.82) is 0 Å². The van der Waals surface area contributed by atoms with E-state index >= 15 is 0 Å². The highest BCUT2D eigenvalue weighted by molar-refractivity contribution is 5.99. The summed E-state index contributed by atoms with van der Waals surface area (Å²) in [5, 5.41) is 13.8. The Morgan fingerprint density at radius 3 is 2.44 bits per heavy atom. The van der Waals surface area contributed by atoms with E-state index in [-0.39, 0.29) is 24.3 Å². The molecule has 0 fully saturated rings. The van der Waals surface area contributed by atoms with Crippen LogP contribution in [-0.2, 0) is 27.3 Å². The second-order valence-electron chi connectivity index (χ2n) is 8.97. The third-order valence-corrected chi connectivity index (χ3v) is 6.03. The number of amides is 3. The van der Waals surface area contributed by atoms with E-state index < -0.39 is 6.04 Å². The van der Waals surface area contributed by atoms with Crippen LogP contribution in [0.2, 0.25) is 0 Å². The van der Waals surface area contributed by atoms with Crippen LogP contribution in [0, 0.1) is 0 Å². The van der Waals surface area contributed by atoms with Crippen LogP contribution in [0.4, 0.5) is 11.4 Å². The molecule has 0 saturated heterocycles. The summed E-state index contributed by atoms with van der Waals surface area (Å²) in [5.41, 5.74) is 3.52. The van der Waals surface area contributed by atoms with Crippen LogP contribution in [0.3, 0.4) is 0 Å². The zero-order chi connectivity index (χ0) is 27.8. The highest BCUT2D eigenvalue weighted by Crippen LogP contribution is 2.21. The minimum atomic E-state index is -0.802. The van der Waals surface area contributed by atoms with Gasteiger partial charge in [0.2, 0.25) is 17.7 Å². The quantitative estimate of drug-likeness (QED) is 0.327. The van der Waals surface area contributed by atoms with Gasteiger partial charge in [-0.2, -0.15) is 0 Å². The van der Waals surface area contributed by atoms with Crippen molar-refractivity contribution in [3.8, 4) is 17.0 Å². The second-order valence-corrected chi connectivity index (χ2v) is 8.97. The van der Waals surface area contributed by atoms with Gasteiger partial charge in [-0.1, -0.05) is 47.7 Å². The second kappa shape index (κ2) is 12.5. The fourth-order valence-corrected chi connectivity index (χ4v) is 4.07. The molecule has 1 aromatic heterocycles. The molecule has 0 aliphatic carbocycles. The number of methoxy groups -OCH3 is 1. The zero-order valence-electron chi connectivity index (χ0n) is 22.0. The molecule has 0 aliphatic heterocycles. The van der Waals surface area contributed by atoms with E-state index in [1.54, 1.807) is 62.8 Å². The summed E-state index contributed by atoms with van der Waals surface area (Å²) in [6, 6.07) is 23.0. The van der Waals surface area contributed by atoms with Crippen molar-refractivity contribution in [2.75, 3.05) is 24.4 Å². The Bertz CT molecular complexity index is 1440. The number of anilines is 2. The van der Waals surface area contributed by atoms with Gasteiger partial charge < -0.3 is 20.3 Å². The Hall–Kier alpha value is -4.99. The molecular weight excluding hydrogens is 496 g/mol. The SMILES string of the molecule is COc1ccc(N(C)C(=O)C(Cc2ccccc2)NC(=O)Cn2cc(-c3cccc(NC(C)=O)c3)nn2)cc1. The molecular formula is C29H30N6O4. The first-order valence-corrected chi connectivity index (χ1v) is 12.4. The van der Waals surface area contributed by atoms with Crippen molar-refractivity contribution >= 4 is 29.1 Å². The molecule has 3 amide bonds. The van der Waals surface area contributed by atoms with E-state index in [2.05, 4.69) is 20.9 Å². The topological polar surface area (TPSA) is 118 Å². The first kappa shape index (κ1) is 27.1. The lowest BCUT2D eigenvalue weighted by Crippen LogP contribution is -2.49. The zero-order valence-corrected chi connectivity index (χ0v) is 22.0. The number of rotatable bonds is 10. The molecule has 2 N–H and O–H groups in total. The van der Waals surface area contributed by atoms with Gasteiger partial charge in [0.1, 0.15) is 24.0 Å². The van der Waals surface area contributed by atoms with Gasteiger partial charge in [0.05, 0.1) is 13.3 Å². The highest BCUT2D eigenvalue weighted by Gasteiger charge is 2.25. The smallest absolute Gasteiger partial charge is 0.249 e. The van der Waals surface area contributed by atoms with E-state index in [4.69, 9.17) is 4.74 Å². The fraction of sp³-hybridized carbons (Fsp3) is 0.207. The summed E-state index contributed by atoms with van der Waals surface area (Å²) in [5.74, 6) is -0.130. The third-order valence-electron chi connectivity index (χ3n) is 6.03. The van der Waals surface area contributed by atoms with Crippen LogP contribution in [0.1, 0.15) is 12.5 Å². The molecule has 4 rings (SSSR count). The van der Waals surface area contributed by atoms with Gasteiger partial charge in [0.15, 0.2) is 0 Å². The monoisotopic (exact) mass is 526 g/mol. The summed E-state index contributed by atoms with van der Waals surface area (Å²) < 4.78 is 6.62. The van der Waals surface area contributed by atoms with Crippen molar-refractivity contribution in [3.63, 3.8) is 0 Å². The van der Waals surface area contributed by atoms with Crippen LogP contribution >= 0.6 is 0 Å². The molecule has 0 spiro atoms. The lowest BCUT2D eigenvalue weighted by Gasteiger charge is -2.25. The molecule has 0 radical (unpaired) electrons. The summed E-state index contributed by atoms with van der Waals surface area (Å²) in [7, 11) is 3.25. The van der Waals surface area contributed by atoms with Gasteiger partial charge in [-0.05, 0) is 42.0 Å². The Kier molecular flexibility index (Phi) is 8.67. The van der Waals surface area contributed by atoms with E-state index in [0.29, 0.717) is 29.2 Å². The Balaban J connectivity index is 1.47. The Labute approximate surface area is 226 Å². The first-order valence-electron chi connectivity index (χ1n) is 12.4. The van der Waals surface area contributed by atoms with E-state index in [1.165, 1.54) is 16.5 Å². The number of hydrogen-bond acceptors (Lipinski definition) is 6. The molecule has 0 aliphatic rings. The average Bonchev–Trinajstić information content (AvgIpc) is 3.40. The number of nitrogens with zero attached hydrogens (tertiary/aromatic N) is 4. The molecule has 4 aromatic rings. The number of nitrogens with one attached hydrogen (secondary N) is 2. The summed E-state index contributed by atoms with van der Waals surface area (Å²) in [6.07, 6.45) is 1.97. The van der Waals surface area contributed by atoms with Gasteiger partial charge in [-0.15, -0.1) is 5.10 Å². The highest BCUT2D eigenvalue weighted by atomic mass is 16.5. The van der Waals surface area contributed by atoms with Crippen molar-refractivity contribution < 1.29 is 19.1 Å². The number of ether oxygens (including phenoxy) is 1. The van der Waals surface area contributed by atoms with Gasteiger partial charge >= 0.3 is 0 Å². The number of aromatic nitrogens is 3. The number of hydrogen-bond donors (Lipinski definition) is 2. The van der Waals surface area contributed by atoms with E-state index in [9.17, 15) is 14.4 Å². The van der Waals surface area contributed by atoms with E-state index in [0.717, 1.165) is 11.1 Å². The maximum absolute atomic E-state index is 13.5. The van der Waals surface area contributed by atoms with E-state index in [1.807, 2.05) is 36.4 Å².